The molecule has 3 rings (SSSR count). The summed E-state index contributed by atoms with van der Waals surface area (Å²) in [6.07, 6.45) is 0.675. The minimum Gasteiger partial charge on any atom is -0.493 e. The average molecular weight is 376 g/mol. The van der Waals surface area contributed by atoms with Gasteiger partial charge in [0.2, 0.25) is 0 Å². The lowest BCUT2D eigenvalue weighted by molar-refractivity contribution is 0.347. The molecule has 0 spiro atoms. The zero-order valence-corrected chi connectivity index (χ0v) is 15.5. The number of methoxy groups -OCH3 is 2. The van der Waals surface area contributed by atoms with Crippen LogP contribution in [0, 0.1) is 0 Å². The first-order valence-electron chi connectivity index (χ1n) is 7.67. The average Bonchev–Trinajstić information content (AvgIpc) is 3.07. The van der Waals surface area contributed by atoms with Gasteiger partial charge in [-0.05, 0) is 47.6 Å². The molecule has 1 aliphatic rings. The van der Waals surface area contributed by atoms with Crippen LogP contribution in [0.25, 0.3) is 0 Å². The van der Waals surface area contributed by atoms with Crippen LogP contribution < -0.4 is 15.2 Å². The largest absolute Gasteiger partial charge is 0.493 e. The van der Waals surface area contributed by atoms with Crippen molar-refractivity contribution in [1.82, 2.24) is 5.01 Å². The zero-order chi connectivity index (χ0) is 18.0. The molecule has 130 valence electrons. The van der Waals surface area contributed by atoms with Crippen molar-refractivity contribution in [1.29, 1.82) is 0 Å². The van der Waals surface area contributed by atoms with Gasteiger partial charge in [-0.3, -0.25) is 0 Å². The molecule has 2 N–H and O–H groups in total. The molecule has 0 saturated heterocycles. The third-order valence-electron chi connectivity index (χ3n) is 4.11. The molecule has 1 unspecified atom stereocenters. The zero-order valence-electron chi connectivity index (χ0n) is 13.9. The van der Waals surface area contributed by atoms with Crippen molar-refractivity contribution in [3.8, 4) is 11.5 Å². The molecule has 1 atom stereocenters. The third kappa shape index (κ3) is 3.55. The predicted octanol–water partition coefficient (Wildman–Crippen LogP) is 3.75. The van der Waals surface area contributed by atoms with E-state index in [0.29, 0.717) is 22.9 Å². The Labute approximate surface area is 157 Å². The number of nitrogens with zero attached hydrogens (tertiary/aromatic N) is 2. The molecule has 0 amide bonds. The highest BCUT2D eigenvalue weighted by Gasteiger charge is 2.31. The molecule has 0 saturated carbocycles. The summed E-state index contributed by atoms with van der Waals surface area (Å²) in [4.78, 5) is 0. The molecule has 0 fully saturated rings. The number of thiocarbonyl (C=S) groups is 1. The van der Waals surface area contributed by atoms with Gasteiger partial charge in [0.05, 0.1) is 26.0 Å². The molecule has 2 aromatic carbocycles. The van der Waals surface area contributed by atoms with E-state index in [1.54, 1.807) is 19.2 Å². The molecule has 0 aliphatic carbocycles. The fraction of sp³-hybridized carbons (Fsp3) is 0.222. The maximum absolute atomic E-state index is 5.97. The number of hydrogen-bond donors (Lipinski definition) is 1. The van der Waals surface area contributed by atoms with E-state index < -0.39 is 0 Å². The summed E-state index contributed by atoms with van der Waals surface area (Å²) < 4.78 is 10.7. The number of rotatable bonds is 4. The maximum Gasteiger partial charge on any atom is 0.187 e. The van der Waals surface area contributed by atoms with Gasteiger partial charge in [-0.1, -0.05) is 29.8 Å². The molecule has 0 bridgehead atoms. The molecule has 25 heavy (non-hydrogen) atoms. The second kappa shape index (κ2) is 7.29. The lowest BCUT2D eigenvalue weighted by atomic mass is 9.98. The molecule has 0 aromatic heterocycles. The van der Waals surface area contributed by atoms with Crippen LogP contribution in [0.2, 0.25) is 5.02 Å². The molecule has 1 heterocycles. The molecule has 0 radical (unpaired) electrons. The first-order valence-corrected chi connectivity index (χ1v) is 8.46. The highest BCUT2D eigenvalue weighted by molar-refractivity contribution is 7.80. The van der Waals surface area contributed by atoms with Crippen LogP contribution >= 0.6 is 23.8 Å². The van der Waals surface area contributed by atoms with E-state index in [2.05, 4.69) is 5.10 Å². The van der Waals surface area contributed by atoms with Crippen LogP contribution in [-0.2, 0) is 0 Å². The summed E-state index contributed by atoms with van der Waals surface area (Å²) in [5.41, 5.74) is 8.79. The molecule has 2 aromatic rings. The molecular weight excluding hydrogens is 358 g/mol. The van der Waals surface area contributed by atoms with Gasteiger partial charge in [0.1, 0.15) is 0 Å². The number of halogens is 1. The third-order valence-corrected chi connectivity index (χ3v) is 4.55. The summed E-state index contributed by atoms with van der Waals surface area (Å²) in [7, 11) is 3.22. The summed E-state index contributed by atoms with van der Waals surface area (Å²) in [5, 5.41) is 7.19. The Morgan fingerprint density at radius 3 is 2.44 bits per heavy atom. The molecule has 7 heteroatoms. The quantitative estimate of drug-likeness (QED) is 0.824. The van der Waals surface area contributed by atoms with Crippen molar-refractivity contribution in [3.05, 3.63) is 58.6 Å². The van der Waals surface area contributed by atoms with E-state index in [0.717, 1.165) is 16.8 Å². The van der Waals surface area contributed by atoms with Crippen molar-refractivity contribution in [3.63, 3.8) is 0 Å². The van der Waals surface area contributed by atoms with E-state index in [1.165, 1.54) is 0 Å². The molecular formula is C18H18ClN3O2S. The first-order chi connectivity index (χ1) is 12.0. The Morgan fingerprint density at radius 2 is 1.84 bits per heavy atom. The smallest absolute Gasteiger partial charge is 0.187 e. The Hall–Kier alpha value is -2.31. The van der Waals surface area contributed by atoms with Gasteiger partial charge in [-0.25, -0.2) is 5.01 Å². The minimum atomic E-state index is -0.0945. The normalized spacial score (nSPS) is 16.5. The lowest BCUT2D eigenvalue weighted by Crippen LogP contribution is -2.31. The highest BCUT2D eigenvalue weighted by Crippen LogP contribution is 2.37. The topological polar surface area (TPSA) is 60.1 Å². The van der Waals surface area contributed by atoms with Crippen molar-refractivity contribution in [2.45, 2.75) is 12.5 Å². The Bertz CT molecular complexity index is 824. The minimum absolute atomic E-state index is 0.0945. The highest BCUT2D eigenvalue weighted by atomic mass is 35.5. The van der Waals surface area contributed by atoms with Crippen LogP contribution in [0.1, 0.15) is 23.6 Å². The lowest BCUT2D eigenvalue weighted by Gasteiger charge is -2.22. The molecule has 5 nitrogen and oxygen atoms in total. The standard InChI is InChI=1S/C18H18ClN3O2S/c1-23-16-8-5-12(9-17(16)24-2)15-10-14(21-22(15)18(20)25)11-3-6-13(19)7-4-11/h3-9,15H,10H2,1-2H3,(H2,20,25). The molecule has 1 aliphatic heterocycles. The second-order valence-corrected chi connectivity index (χ2v) is 6.43. The summed E-state index contributed by atoms with van der Waals surface area (Å²) in [6.45, 7) is 0. The Morgan fingerprint density at radius 1 is 1.16 bits per heavy atom. The van der Waals surface area contributed by atoms with E-state index in [1.807, 2.05) is 42.5 Å². The van der Waals surface area contributed by atoms with Gasteiger partial charge in [0, 0.05) is 11.4 Å². The van der Waals surface area contributed by atoms with Gasteiger partial charge in [-0.15, -0.1) is 0 Å². The summed E-state index contributed by atoms with van der Waals surface area (Å²) >= 11 is 11.2. The van der Waals surface area contributed by atoms with Crippen LogP contribution in [-0.4, -0.2) is 30.1 Å². The van der Waals surface area contributed by atoms with Crippen molar-refractivity contribution in [2.24, 2.45) is 10.8 Å². The van der Waals surface area contributed by atoms with E-state index >= 15 is 0 Å². The van der Waals surface area contributed by atoms with Crippen LogP contribution in [0.4, 0.5) is 0 Å². The van der Waals surface area contributed by atoms with Crippen LogP contribution in [0.5, 0.6) is 11.5 Å². The van der Waals surface area contributed by atoms with Crippen molar-refractivity contribution >= 4 is 34.6 Å². The number of benzene rings is 2. The number of nitrogens with two attached hydrogens (primary N) is 1. The van der Waals surface area contributed by atoms with E-state index in [-0.39, 0.29) is 11.2 Å². The van der Waals surface area contributed by atoms with Gasteiger partial charge in [0.25, 0.3) is 0 Å². The van der Waals surface area contributed by atoms with E-state index in [9.17, 15) is 0 Å². The second-order valence-electron chi connectivity index (χ2n) is 5.57. The number of hydrogen-bond acceptors (Lipinski definition) is 4. The van der Waals surface area contributed by atoms with Gasteiger partial charge < -0.3 is 15.2 Å². The van der Waals surface area contributed by atoms with E-state index in [4.69, 9.17) is 39.0 Å². The summed E-state index contributed by atoms with van der Waals surface area (Å²) in [6, 6.07) is 13.2. The maximum atomic E-state index is 5.97. The van der Waals surface area contributed by atoms with Crippen LogP contribution in [0.3, 0.4) is 0 Å². The van der Waals surface area contributed by atoms with Gasteiger partial charge >= 0.3 is 0 Å². The fourth-order valence-electron chi connectivity index (χ4n) is 2.85. The first kappa shape index (κ1) is 17.5. The van der Waals surface area contributed by atoms with Gasteiger partial charge in [-0.2, -0.15) is 5.10 Å². The number of hydrazone groups is 1. The van der Waals surface area contributed by atoms with Crippen molar-refractivity contribution in [2.75, 3.05) is 14.2 Å². The summed E-state index contributed by atoms with van der Waals surface area (Å²) in [5.74, 6) is 1.33. The van der Waals surface area contributed by atoms with Gasteiger partial charge in [0.15, 0.2) is 16.6 Å². The Kier molecular flexibility index (Phi) is 5.11. The predicted molar refractivity (Wildman–Crippen MR) is 104 cm³/mol. The van der Waals surface area contributed by atoms with Crippen LogP contribution in [0.15, 0.2) is 47.6 Å². The Balaban J connectivity index is 1.94. The van der Waals surface area contributed by atoms with Crippen molar-refractivity contribution < 1.29 is 9.47 Å². The fourth-order valence-corrected chi connectivity index (χ4v) is 3.14. The number of ether oxygens (including phenoxy) is 2. The monoisotopic (exact) mass is 375 g/mol. The SMILES string of the molecule is COc1ccc(C2CC(c3ccc(Cl)cc3)=NN2C(N)=S)cc1OC.